The number of carbonyl (C=O) groups excluding carboxylic acids is 1. The second-order valence-corrected chi connectivity index (χ2v) is 11.9. The van der Waals surface area contributed by atoms with Crippen molar-refractivity contribution in [1.29, 1.82) is 5.26 Å². The van der Waals surface area contributed by atoms with Crippen LogP contribution in [-0.2, 0) is 32.8 Å². The number of benzene rings is 2. The summed E-state index contributed by atoms with van der Waals surface area (Å²) in [6.45, 7) is 3.08. The van der Waals surface area contributed by atoms with Gasteiger partial charge in [0.15, 0.2) is 15.5 Å². The Morgan fingerprint density at radius 2 is 1.83 bits per heavy atom. The van der Waals surface area contributed by atoms with Gasteiger partial charge < -0.3 is 15.1 Å². The number of fused-ring (bicyclic) bond motifs is 1. The van der Waals surface area contributed by atoms with Crippen molar-refractivity contribution in [3.8, 4) is 23.2 Å². The fraction of sp³-hybridized carbons (Fsp3) is 0.280. The van der Waals surface area contributed by atoms with Crippen molar-refractivity contribution in [3.05, 3.63) is 65.8 Å². The van der Waals surface area contributed by atoms with E-state index in [9.17, 15) is 31.6 Å². The van der Waals surface area contributed by atoms with Gasteiger partial charge in [-0.3, -0.25) is 4.79 Å². The minimum atomic E-state index is -4.65. The molecule has 0 fully saturated rings. The number of hydrogen-bond donors (Lipinski definition) is 1. The van der Waals surface area contributed by atoms with E-state index in [1.807, 2.05) is 0 Å². The highest BCUT2D eigenvalue weighted by molar-refractivity contribution is 7.91. The van der Waals surface area contributed by atoms with Crippen LogP contribution in [-0.4, -0.2) is 51.3 Å². The summed E-state index contributed by atoms with van der Waals surface area (Å²) in [7, 11) is -3.97. The number of amides is 1. The van der Waals surface area contributed by atoms with Crippen LogP contribution in [0.4, 0.5) is 18.9 Å². The predicted octanol–water partition coefficient (Wildman–Crippen LogP) is 2.79. The van der Waals surface area contributed by atoms with Crippen LogP contribution in [0.25, 0.3) is 17.1 Å². The Morgan fingerprint density at radius 3 is 2.46 bits per heavy atom. The second kappa shape index (κ2) is 9.78. The van der Waals surface area contributed by atoms with Crippen molar-refractivity contribution in [2.24, 2.45) is 5.73 Å². The van der Waals surface area contributed by atoms with Crippen LogP contribution in [0.5, 0.6) is 0 Å². The lowest BCUT2D eigenvalue weighted by Gasteiger charge is -2.24. The first-order chi connectivity index (χ1) is 19.2. The molecule has 0 saturated heterocycles. The number of nitriles is 1. The van der Waals surface area contributed by atoms with E-state index < -0.39 is 44.8 Å². The van der Waals surface area contributed by atoms with Gasteiger partial charge in [0.05, 0.1) is 46.9 Å². The van der Waals surface area contributed by atoms with E-state index in [-0.39, 0.29) is 34.6 Å². The van der Waals surface area contributed by atoms with Crippen molar-refractivity contribution >= 4 is 21.4 Å². The van der Waals surface area contributed by atoms with Gasteiger partial charge in [0.2, 0.25) is 17.7 Å². The van der Waals surface area contributed by atoms with Crippen molar-refractivity contribution in [3.63, 3.8) is 0 Å². The summed E-state index contributed by atoms with van der Waals surface area (Å²) in [4.78, 5) is 14.4. The smallest absolute Gasteiger partial charge is 0.419 e. The quantitative estimate of drug-likeness (QED) is 0.366. The Bertz CT molecular complexity index is 1790. The molecule has 3 heterocycles. The Balaban J connectivity index is 1.52. The fourth-order valence-electron chi connectivity index (χ4n) is 4.10. The van der Waals surface area contributed by atoms with E-state index in [1.54, 1.807) is 26.0 Å². The first kappa shape index (κ1) is 27.9. The monoisotopic (exact) mass is 586 g/mol. The lowest BCUT2D eigenvalue weighted by Crippen LogP contribution is -2.45. The number of rotatable bonds is 5. The predicted molar refractivity (Wildman–Crippen MR) is 136 cm³/mol. The summed E-state index contributed by atoms with van der Waals surface area (Å²) in [6, 6.07) is 11.0. The van der Waals surface area contributed by atoms with Crippen molar-refractivity contribution < 1.29 is 30.8 Å². The molecule has 0 aliphatic carbocycles. The van der Waals surface area contributed by atoms with Gasteiger partial charge in [-0.05, 0) is 49.7 Å². The topological polar surface area (TPSA) is 174 Å². The van der Waals surface area contributed by atoms with E-state index in [0.717, 1.165) is 10.9 Å². The third-order valence-corrected chi connectivity index (χ3v) is 8.19. The summed E-state index contributed by atoms with van der Waals surface area (Å²) >= 11 is 0. The minimum absolute atomic E-state index is 0.0138. The molecule has 4 aromatic rings. The second-order valence-electron chi connectivity index (χ2n) is 9.86. The molecule has 212 valence electrons. The van der Waals surface area contributed by atoms with Gasteiger partial charge in [-0.1, -0.05) is 17.3 Å². The molecule has 1 amide bonds. The van der Waals surface area contributed by atoms with Crippen molar-refractivity contribution in [2.45, 2.75) is 42.9 Å². The third-order valence-electron chi connectivity index (χ3n) is 6.38. The SMILES string of the molecule is CC(C)(C#N)c1nnc(-c2ccc3c(c2)N(Cc2ccc(-n4cc(C(F)(F)F)nn4)cc2)C(=O)[C@@H](N)CS3(=O)=O)o1. The summed E-state index contributed by atoms with van der Waals surface area (Å²) in [5.74, 6) is -1.19. The molecule has 0 unspecified atom stereocenters. The molecule has 0 spiro atoms. The minimum Gasteiger partial charge on any atom is -0.419 e. The fourth-order valence-corrected chi connectivity index (χ4v) is 5.66. The highest BCUT2D eigenvalue weighted by Crippen LogP contribution is 2.36. The zero-order valence-corrected chi connectivity index (χ0v) is 22.3. The molecule has 16 heteroatoms. The zero-order chi connectivity index (χ0) is 29.7. The van der Waals surface area contributed by atoms with Gasteiger partial charge in [-0.2, -0.15) is 18.4 Å². The van der Waals surface area contributed by atoms with Crippen molar-refractivity contribution in [1.82, 2.24) is 25.2 Å². The lowest BCUT2D eigenvalue weighted by molar-refractivity contribution is -0.141. The number of sulfone groups is 1. The van der Waals surface area contributed by atoms with Crippen LogP contribution >= 0.6 is 0 Å². The maximum atomic E-state index is 13.3. The van der Waals surface area contributed by atoms with Gasteiger partial charge in [0.1, 0.15) is 5.41 Å². The summed E-state index contributed by atoms with van der Waals surface area (Å²) in [5, 5.41) is 23.9. The van der Waals surface area contributed by atoms with Gasteiger partial charge in [0.25, 0.3) is 0 Å². The number of carbonyl (C=O) groups is 1. The number of alkyl halides is 3. The van der Waals surface area contributed by atoms with Crippen LogP contribution in [0.1, 0.15) is 31.0 Å². The number of nitrogens with zero attached hydrogens (tertiary/aromatic N) is 7. The van der Waals surface area contributed by atoms with E-state index in [4.69, 9.17) is 10.2 Å². The van der Waals surface area contributed by atoms with E-state index in [2.05, 4.69) is 26.6 Å². The van der Waals surface area contributed by atoms with Gasteiger partial charge in [-0.25, -0.2) is 13.1 Å². The molecule has 1 aliphatic rings. The first-order valence-electron chi connectivity index (χ1n) is 12.0. The Morgan fingerprint density at radius 1 is 1.12 bits per heavy atom. The molecule has 0 bridgehead atoms. The Labute approximate surface area is 231 Å². The maximum absolute atomic E-state index is 13.3. The highest BCUT2D eigenvalue weighted by atomic mass is 32.2. The van der Waals surface area contributed by atoms with Crippen molar-refractivity contribution in [2.75, 3.05) is 10.7 Å². The standard InChI is InChI=1S/C25H21F3N8O4S/c1-24(2,13-29)23-33-32-21(40-23)15-5-8-19-18(9-15)35(22(37)17(30)12-41(19,38)39)10-14-3-6-16(7-4-14)36-11-20(31-34-36)25(26,27)28/h3-9,11,17H,10,12,30H2,1-2H3/t17-/m0/s1. The van der Waals surface area contributed by atoms with E-state index in [0.29, 0.717) is 11.1 Å². The maximum Gasteiger partial charge on any atom is 0.436 e. The van der Waals surface area contributed by atoms with Crippen LogP contribution in [0, 0.1) is 11.3 Å². The number of anilines is 1. The molecule has 2 aromatic heterocycles. The molecular formula is C25H21F3N8O4S. The molecule has 2 aromatic carbocycles. The molecule has 0 saturated carbocycles. The first-order valence-corrected chi connectivity index (χ1v) is 13.6. The highest BCUT2D eigenvalue weighted by Gasteiger charge is 2.37. The number of halogens is 3. The van der Waals surface area contributed by atoms with Gasteiger partial charge in [-0.15, -0.1) is 15.3 Å². The zero-order valence-electron chi connectivity index (χ0n) is 21.5. The number of aromatic nitrogens is 5. The number of nitrogens with two attached hydrogens (primary N) is 1. The molecule has 41 heavy (non-hydrogen) atoms. The molecule has 1 atom stereocenters. The average molecular weight is 587 g/mol. The van der Waals surface area contributed by atoms with Crippen LogP contribution < -0.4 is 10.6 Å². The molecular weight excluding hydrogens is 565 g/mol. The molecule has 5 rings (SSSR count). The number of hydrogen-bond acceptors (Lipinski definition) is 10. The third kappa shape index (κ3) is 5.28. The van der Waals surface area contributed by atoms with Crippen LogP contribution in [0.3, 0.4) is 0 Å². The van der Waals surface area contributed by atoms with Gasteiger partial charge >= 0.3 is 6.18 Å². The average Bonchev–Trinajstić information content (AvgIpc) is 3.61. The Hall–Kier alpha value is -4.62. The van der Waals surface area contributed by atoms with Gasteiger partial charge in [0, 0.05) is 5.56 Å². The largest absolute Gasteiger partial charge is 0.436 e. The Kier molecular flexibility index (Phi) is 6.66. The van der Waals surface area contributed by atoms with Crippen LogP contribution in [0.2, 0.25) is 0 Å². The molecule has 1 aliphatic heterocycles. The van der Waals surface area contributed by atoms with E-state index >= 15 is 0 Å². The summed E-state index contributed by atoms with van der Waals surface area (Å²) in [5.41, 5.74) is 4.92. The summed E-state index contributed by atoms with van der Waals surface area (Å²) < 4.78 is 71.5. The van der Waals surface area contributed by atoms with Crippen LogP contribution in [0.15, 0.2) is 58.0 Å². The molecule has 12 nitrogen and oxygen atoms in total. The molecule has 2 N–H and O–H groups in total. The summed E-state index contributed by atoms with van der Waals surface area (Å²) in [6.07, 6.45) is -3.90. The van der Waals surface area contributed by atoms with E-state index in [1.165, 1.54) is 35.2 Å². The normalized spacial score (nSPS) is 17.1. The molecule has 0 radical (unpaired) electrons. The lowest BCUT2D eigenvalue weighted by atomic mass is 9.96.